The Morgan fingerprint density at radius 3 is 2.82 bits per heavy atom. The summed E-state index contributed by atoms with van der Waals surface area (Å²) in [4.78, 5) is 16.1. The first-order chi connectivity index (χ1) is 8.31. The van der Waals surface area contributed by atoms with E-state index < -0.39 is 0 Å². The van der Waals surface area contributed by atoms with E-state index in [9.17, 15) is 4.79 Å². The van der Waals surface area contributed by atoms with Crippen LogP contribution in [0, 0.1) is 0 Å². The number of rotatable bonds is 3. The molecule has 0 spiro atoms. The van der Waals surface area contributed by atoms with Crippen LogP contribution in [0.2, 0.25) is 0 Å². The average Bonchev–Trinajstić information content (AvgIpc) is 2.40. The molecule has 17 heavy (non-hydrogen) atoms. The van der Waals surface area contributed by atoms with Gasteiger partial charge >= 0.3 is 0 Å². The van der Waals surface area contributed by atoms with Crippen LogP contribution in [-0.4, -0.2) is 24.0 Å². The lowest BCUT2D eigenvalue weighted by Crippen LogP contribution is -2.36. The molecule has 0 aromatic carbocycles. The summed E-state index contributed by atoms with van der Waals surface area (Å²) < 4.78 is 0. The maximum atomic E-state index is 12.1. The predicted octanol–water partition coefficient (Wildman–Crippen LogP) is 2.19. The van der Waals surface area contributed by atoms with Gasteiger partial charge in [-0.1, -0.05) is 19.3 Å². The molecule has 1 fully saturated rings. The third kappa shape index (κ3) is 2.96. The SMILES string of the molecule is CNc1ccncc1C(=O)NC1CCCCC1. The normalized spacial score (nSPS) is 16.5. The molecule has 0 radical (unpaired) electrons. The highest BCUT2D eigenvalue weighted by atomic mass is 16.1. The maximum absolute atomic E-state index is 12.1. The van der Waals surface area contributed by atoms with Gasteiger partial charge in [-0.05, 0) is 18.9 Å². The molecule has 1 aromatic rings. The Kier molecular flexibility index (Phi) is 3.96. The summed E-state index contributed by atoms with van der Waals surface area (Å²) in [6.07, 6.45) is 9.23. The van der Waals surface area contributed by atoms with E-state index in [4.69, 9.17) is 0 Å². The number of aromatic nitrogens is 1. The average molecular weight is 233 g/mol. The molecule has 1 aliphatic rings. The monoisotopic (exact) mass is 233 g/mol. The Labute approximate surface area is 102 Å². The number of anilines is 1. The summed E-state index contributed by atoms with van der Waals surface area (Å²) in [7, 11) is 1.81. The lowest BCUT2D eigenvalue weighted by atomic mass is 9.95. The second kappa shape index (κ2) is 5.66. The number of carbonyl (C=O) groups excluding carboxylic acids is 1. The second-order valence-corrected chi connectivity index (χ2v) is 4.48. The van der Waals surface area contributed by atoms with Gasteiger partial charge in [-0.3, -0.25) is 9.78 Å². The van der Waals surface area contributed by atoms with E-state index >= 15 is 0 Å². The van der Waals surface area contributed by atoms with E-state index in [1.165, 1.54) is 19.3 Å². The molecule has 2 N–H and O–H groups in total. The van der Waals surface area contributed by atoms with Crippen LogP contribution in [0.4, 0.5) is 5.69 Å². The van der Waals surface area contributed by atoms with E-state index in [0.717, 1.165) is 18.5 Å². The zero-order valence-electron chi connectivity index (χ0n) is 10.2. The van der Waals surface area contributed by atoms with Gasteiger partial charge in [0, 0.05) is 31.2 Å². The van der Waals surface area contributed by atoms with E-state index in [0.29, 0.717) is 11.6 Å². The minimum atomic E-state index is -0.0191. The molecule has 0 bridgehead atoms. The fourth-order valence-corrected chi connectivity index (χ4v) is 2.30. The Bertz CT molecular complexity index is 386. The van der Waals surface area contributed by atoms with Gasteiger partial charge < -0.3 is 10.6 Å². The van der Waals surface area contributed by atoms with E-state index in [-0.39, 0.29) is 5.91 Å². The molecule has 1 amide bonds. The number of hydrogen-bond donors (Lipinski definition) is 2. The topological polar surface area (TPSA) is 54.0 Å². The fourth-order valence-electron chi connectivity index (χ4n) is 2.30. The van der Waals surface area contributed by atoms with Crippen molar-refractivity contribution in [2.24, 2.45) is 0 Å². The maximum Gasteiger partial charge on any atom is 0.255 e. The number of carbonyl (C=O) groups is 1. The Morgan fingerprint density at radius 2 is 2.12 bits per heavy atom. The molecular weight excluding hydrogens is 214 g/mol. The standard InChI is InChI=1S/C13H19N3O/c1-14-12-7-8-15-9-11(12)13(17)16-10-5-3-2-4-6-10/h7-10H,2-6H2,1H3,(H,14,15)(H,16,17). The van der Waals surface area contributed by atoms with Crippen LogP contribution in [0.3, 0.4) is 0 Å². The minimum absolute atomic E-state index is 0.0191. The van der Waals surface area contributed by atoms with Crippen LogP contribution in [-0.2, 0) is 0 Å². The van der Waals surface area contributed by atoms with Gasteiger partial charge in [0.2, 0.25) is 0 Å². The number of nitrogens with one attached hydrogen (secondary N) is 2. The Morgan fingerprint density at radius 1 is 1.35 bits per heavy atom. The van der Waals surface area contributed by atoms with Crippen LogP contribution >= 0.6 is 0 Å². The Hall–Kier alpha value is -1.58. The number of hydrogen-bond acceptors (Lipinski definition) is 3. The molecule has 0 unspecified atom stereocenters. The van der Waals surface area contributed by atoms with E-state index in [1.54, 1.807) is 12.4 Å². The molecule has 1 heterocycles. The fraction of sp³-hybridized carbons (Fsp3) is 0.538. The van der Waals surface area contributed by atoms with Crippen LogP contribution in [0.5, 0.6) is 0 Å². The first-order valence-electron chi connectivity index (χ1n) is 6.24. The molecule has 0 atom stereocenters. The highest BCUT2D eigenvalue weighted by Gasteiger charge is 2.18. The Balaban J connectivity index is 2.03. The van der Waals surface area contributed by atoms with Crippen molar-refractivity contribution in [1.29, 1.82) is 0 Å². The first kappa shape index (κ1) is 11.9. The predicted molar refractivity (Wildman–Crippen MR) is 68.1 cm³/mol. The molecule has 4 nitrogen and oxygen atoms in total. The smallest absolute Gasteiger partial charge is 0.255 e. The van der Waals surface area contributed by atoms with Gasteiger partial charge in [-0.25, -0.2) is 0 Å². The van der Waals surface area contributed by atoms with Crippen molar-refractivity contribution in [1.82, 2.24) is 10.3 Å². The molecule has 1 aromatic heterocycles. The van der Waals surface area contributed by atoms with Crippen LogP contribution in [0.1, 0.15) is 42.5 Å². The number of nitrogens with zero attached hydrogens (tertiary/aromatic N) is 1. The summed E-state index contributed by atoms with van der Waals surface area (Å²) in [6, 6.07) is 2.15. The van der Waals surface area contributed by atoms with E-state index in [2.05, 4.69) is 15.6 Å². The molecule has 2 rings (SSSR count). The van der Waals surface area contributed by atoms with Gasteiger partial charge in [-0.15, -0.1) is 0 Å². The number of amides is 1. The molecule has 1 aliphatic carbocycles. The van der Waals surface area contributed by atoms with Crippen molar-refractivity contribution >= 4 is 11.6 Å². The third-order valence-corrected chi connectivity index (χ3v) is 3.28. The summed E-state index contributed by atoms with van der Waals surface area (Å²) in [5.74, 6) is -0.0191. The van der Waals surface area contributed by atoms with Crippen molar-refractivity contribution in [2.45, 2.75) is 38.1 Å². The van der Waals surface area contributed by atoms with Gasteiger partial charge in [0.1, 0.15) is 0 Å². The third-order valence-electron chi connectivity index (χ3n) is 3.28. The highest BCUT2D eigenvalue weighted by molar-refractivity contribution is 5.99. The van der Waals surface area contributed by atoms with Crippen molar-refractivity contribution in [3.05, 3.63) is 24.0 Å². The van der Waals surface area contributed by atoms with Crippen molar-refractivity contribution in [3.8, 4) is 0 Å². The van der Waals surface area contributed by atoms with Crippen molar-refractivity contribution < 1.29 is 4.79 Å². The summed E-state index contributed by atoms with van der Waals surface area (Å²) in [5, 5.41) is 6.10. The molecule has 92 valence electrons. The first-order valence-corrected chi connectivity index (χ1v) is 6.24. The molecular formula is C13H19N3O. The van der Waals surface area contributed by atoms with Crippen LogP contribution in [0.15, 0.2) is 18.5 Å². The van der Waals surface area contributed by atoms with Crippen molar-refractivity contribution in [2.75, 3.05) is 12.4 Å². The minimum Gasteiger partial charge on any atom is -0.387 e. The summed E-state index contributed by atoms with van der Waals surface area (Å²) in [6.45, 7) is 0. The second-order valence-electron chi connectivity index (χ2n) is 4.48. The van der Waals surface area contributed by atoms with Crippen LogP contribution < -0.4 is 10.6 Å². The molecule has 1 saturated carbocycles. The summed E-state index contributed by atoms with van der Waals surface area (Å²) in [5.41, 5.74) is 1.45. The zero-order valence-corrected chi connectivity index (χ0v) is 10.2. The van der Waals surface area contributed by atoms with Crippen molar-refractivity contribution in [3.63, 3.8) is 0 Å². The highest BCUT2D eigenvalue weighted by Crippen LogP contribution is 2.19. The van der Waals surface area contributed by atoms with Gasteiger partial charge in [0.25, 0.3) is 5.91 Å². The number of pyridine rings is 1. The lowest BCUT2D eigenvalue weighted by Gasteiger charge is -2.23. The van der Waals surface area contributed by atoms with Gasteiger partial charge in [0.05, 0.1) is 5.56 Å². The lowest BCUT2D eigenvalue weighted by molar-refractivity contribution is 0.0928. The summed E-state index contributed by atoms with van der Waals surface area (Å²) >= 11 is 0. The zero-order chi connectivity index (χ0) is 12.1. The molecule has 0 aliphatic heterocycles. The van der Waals surface area contributed by atoms with Gasteiger partial charge in [-0.2, -0.15) is 0 Å². The quantitative estimate of drug-likeness (QED) is 0.841. The van der Waals surface area contributed by atoms with E-state index in [1.807, 2.05) is 13.1 Å². The van der Waals surface area contributed by atoms with Gasteiger partial charge in [0.15, 0.2) is 0 Å². The molecule has 4 heteroatoms. The van der Waals surface area contributed by atoms with Crippen LogP contribution in [0.25, 0.3) is 0 Å². The molecule has 0 saturated heterocycles. The largest absolute Gasteiger partial charge is 0.387 e.